The highest BCUT2D eigenvalue weighted by Gasteiger charge is 2.43. The Bertz CT molecular complexity index is 2440. The molecule has 1 aromatic heterocycles. The molecule has 1 saturated heterocycles. The molecule has 0 radical (unpaired) electrons. The van der Waals surface area contributed by atoms with Crippen molar-refractivity contribution in [2.45, 2.75) is 89.0 Å². The van der Waals surface area contributed by atoms with Crippen LogP contribution in [0, 0.1) is 0 Å². The van der Waals surface area contributed by atoms with E-state index >= 15 is 0 Å². The summed E-state index contributed by atoms with van der Waals surface area (Å²) < 4.78 is 108. The molecule has 1 unspecified atom stereocenters. The smallest absolute Gasteiger partial charge is 0.333 e. The molecule has 0 spiro atoms. The van der Waals surface area contributed by atoms with Crippen molar-refractivity contribution in [1.29, 1.82) is 0 Å². The summed E-state index contributed by atoms with van der Waals surface area (Å²) in [5, 5.41) is 1.28. The van der Waals surface area contributed by atoms with Gasteiger partial charge in [-0.25, -0.2) is 30.0 Å². The van der Waals surface area contributed by atoms with Crippen molar-refractivity contribution in [3.63, 3.8) is 0 Å². The molecule has 0 N–H and O–H groups in total. The summed E-state index contributed by atoms with van der Waals surface area (Å²) in [6, 6.07) is 11.5. The number of para-hydroxylation sites is 1. The minimum Gasteiger partial charge on any atom is -0.748 e. The van der Waals surface area contributed by atoms with Crippen molar-refractivity contribution in [2.75, 3.05) is 23.0 Å². The molecular formula is C38H45N3O13S4-2. The van der Waals surface area contributed by atoms with Gasteiger partial charge in [-0.2, -0.15) is 4.57 Å². The van der Waals surface area contributed by atoms with Crippen molar-refractivity contribution in [2.24, 2.45) is 0 Å². The van der Waals surface area contributed by atoms with E-state index < -0.39 is 70.0 Å². The number of allylic oxidation sites excluding steroid dienone is 5. The Morgan fingerprint density at radius 2 is 1.55 bits per heavy atom. The maximum atomic E-state index is 12.4. The zero-order valence-corrected chi connectivity index (χ0v) is 34.2. The number of unbranched alkanes of at least 4 members (excludes halogenated alkanes) is 2. The number of benzene rings is 2. The van der Waals surface area contributed by atoms with Crippen LogP contribution >= 0.6 is 11.3 Å². The number of thiazole rings is 1. The monoisotopic (exact) mass is 879 g/mol. The van der Waals surface area contributed by atoms with Crippen LogP contribution in [0.2, 0.25) is 0 Å². The zero-order chi connectivity index (χ0) is 41.6. The number of hydrogen-bond donors (Lipinski definition) is 0. The molecule has 3 heterocycles. The number of amides is 2. The maximum Gasteiger partial charge on any atom is 0.333 e. The number of nitrogens with zero attached hydrogens (tertiary/aromatic N) is 3. The quantitative estimate of drug-likeness (QED) is 0.0534. The fourth-order valence-corrected chi connectivity index (χ4v) is 9.54. The molecule has 5 rings (SSSR count). The van der Waals surface area contributed by atoms with Gasteiger partial charge in [-0.05, 0) is 62.1 Å². The molecule has 2 aliphatic rings. The summed E-state index contributed by atoms with van der Waals surface area (Å²) in [6.45, 7) is 2.22. The van der Waals surface area contributed by atoms with Gasteiger partial charge >= 0.3 is 5.97 Å². The summed E-state index contributed by atoms with van der Waals surface area (Å²) in [5.41, 5.74) is 1.59. The summed E-state index contributed by atoms with van der Waals surface area (Å²) in [7, 11) is -13.8. The Morgan fingerprint density at radius 3 is 2.22 bits per heavy atom. The molecule has 0 saturated carbocycles. The molecule has 2 amide bonds. The minimum absolute atomic E-state index is 0. The molecular weight excluding hydrogens is 835 g/mol. The van der Waals surface area contributed by atoms with Crippen molar-refractivity contribution in [1.82, 2.24) is 5.06 Å². The summed E-state index contributed by atoms with van der Waals surface area (Å²) in [5.74, 6) is -3.06. The molecule has 3 aromatic rings. The van der Waals surface area contributed by atoms with Gasteiger partial charge in [0.15, 0.2) is 6.54 Å². The van der Waals surface area contributed by atoms with Gasteiger partial charge < -0.3 is 23.4 Å². The van der Waals surface area contributed by atoms with Gasteiger partial charge in [0.25, 0.3) is 16.8 Å². The molecule has 58 heavy (non-hydrogen) atoms. The lowest BCUT2D eigenvalue weighted by atomic mass is 9.77. The van der Waals surface area contributed by atoms with Gasteiger partial charge in [0.1, 0.15) is 14.8 Å². The van der Waals surface area contributed by atoms with E-state index in [1.54, 1.807) is 29.2 Å². The predicted molar refractivity (Wildman–Crippen MR) is 213 cm³/mol. The predicted octanol–water partition coefficient (Wildman–Crippen LogP) is 4.39. The number of hydroxylamine groups is 2. The Labute approximate surface area is 342 Å². The van der Waals surface area contributed by atoms with Crippen molar-refractivity contribution in [3.8, 4) is 0 Å². The molecule has 20 heteroatoms. The first-order valence-corrected chi connectivity index (χ1v) is 23.4. The van der Waals surface area contributed by atoms with Gasteiger partial charge in [-0.1, -0.05) is 62.0 Å². The molecule has 16 nitrogen and oxygen atoms in total. The van der Waals surface area contributed by atoms with Gasteiger partial charge in [0.2, 0.25) is 5.52 Å². The van der Waals surface area contributed by atoms with Gasteiger partial charge in [-0.3, -0.25) is 9.59 Å². The van der Waals surface area contributed by atoms with Crippen LogP contribution < -0.4 is 9.47 Å². The van der Waals surface area contributed by atoms with Crippen molar-refractivity contribution in [3.05, 3.63) is 83.0 Å². The molecule has 0 aliphatic carbocycles. The molecule has 1 fully saturated rings. The fraction of sp³-hybridized carbons (Fsp3) is 0.421. The molecule has 1 atom stereocenters. The first-order valence-electron chi connectivity index (χ1n) is 18.1. The van der Waals surface area contributed by atoms with Gasteiger partial charge in [-0.15, -0.1) is 5.06 Å². The van der Waals surface area contributed by atoms with Crippen LogP contribution in [-0.4, -0.2) is 79.8 Å². The van der Waals surface area contributed by atoms with E-state index in [0.29, 0.717) is 54.2 Å². The summed E-state index contributed by atoms with van der Waals surface area (Å²) in [6.07, 6.45) is 10.5. The minimum atomic E-state index is -4.86. The van der Waals surface area contributed by atoms with Crippen LogP contribution in [0.4, 0.5) is 5.69 Å². The number of rotatable bonds is 19. The fourth-order valence-electron chi connectivity index (χ4n) is 6.98. The van der Waals surface area contributed by atoms with Crippen LogP contribution in [-0.2, 0) is 61.5 Å². The number of aromatic nitrogens is 1. The largest absolute Gasteiger partial charge is 0.748 e. The maximum absolute atomic E-state index is 12.4. The lowest BCUT2D eigenvalue weighted by molar-refractivity contribution is -0.668. The number of aryl methyl sites for hydroxylation is 1. The zero-order valence-electron chi connectivity index (χ0n) is 30.9. The Morgan fingerprint density at radius 1 is 0.879 bits per heavy atom. The topological polar surface area (TPSA) is 242 Å². The number of carbonyl (C=O) groups is 3. The van der Waals surface area contributed by atoms with E-state index in [9.17, 15) is 53.3 Å². The van der Waals surface area contributed by atoms with Crippen molar-refractivity contribution >= 4 is 81.5 Å². The van der Waals surface area contributed by atoms with Crippen LogP contribution in [0.3, 0.4) is 0 Å². The van der Waals surface area contributed by atoms with E-state index in [2.05, 4.69) is 0 Å². The molecule has 2 aromatic carbocycles. The SMILES string of the molecule is C.CC1(CCCCCC(=O)ON2C(=O)CCC2=O)/C(=C/C=C/C=C/c2sc3ccccc3[n+]2CCCS(=O)(=O)[O-])N(CCCS(=O)(=O)[O-])c2ccc(S(=O)(=O)[O-])cc21. The average molecular weight is 880 g/mol. The standard InChI is InChI=1S/C37H43N3O13S4.CH4/c1-37(21-9-3-6-16-36(43)53-40-33(41)19-20-34(40)42)28-26-27(57(50,51)52)17-18-29(28)38(22-10-24-55(44,45)46)32(37)14-4-2-5-15-35-39(23-11-25-56(47,48)49)30-12-7-8-13-31(30)54-35;/h2,4-5,7-8,12-15,17-18,26H,3,6,9-11,16,19-25H2,1H3,(H2-,44,45,46,47,48,49,50,51,52);1H4/p-2. The Kier molecular flexibility index (Phi) is 15.3. The average Bonchev–Trinajstić information content (AvgIpc) is 3.71. The van der Waals surface area contributed by atoms with Crippen LogP contribution in [0.15, 0.2) is 77.4 Å². The molecule has 316 valence electrons. The lowest BCUT2D eigenvalue weighted by Gasteiger charge is -2.31. The van der Waals surface area contributed by atoms with Gasteiger partial charge in [0.05, 0.1) is 25.1 Å². The van der Waals surface area contributed by atoms with E-state index in [4.69, 9.17) is 4.84 Å². The Balaban J connectivity index is 0.00000744. The van der Waals surface area contributed by atoms with Crippen LogP contribution in [0.1, 0.15) is 82.7 Å². The van der Waals surface area contributed by atoms with E-state index in [0.717, 1.165) is 15.2 Å². The number of imide groups is 1. The second-order valence-corrected chi connectivity index (χ2v) is 19.3. The third-order valence-electron chi connectivity index (χ3n) is 9.66. The van der Waals surface area contributed by atoms with Gasteiger partial charge in [0, 0.05) is 72.7 Å². The highest BCUT2D eigenvalue weighted by Crippen LogP contribution is 2.51. The number of carbonyl (C=O) groups excluding carboxylic acids is 3. The van der Waals surface area contributed by atoms with E-state index in [1.807, 2.05) is 41.8 Å². The van der Waals surface area contributed by atoms with Crippen LogP contribution in [0.25, 0.3) is 16.3 Å². The number of anilines is 1. The van der Waals surface area contributed by atoms with E-state index in [-0.39, 0.29) is 46.1 Å². The summed E-state index contributed by atoms with van der Waals surface area (Å²) >= 11 is 1.47. The van der Waals surface area contributed by atoms with E-state index in [1.165, 1.54) is 29.5 Å². The summed E-state index contributed by atoms with van der Waals surface area (Å²) in [4.78, 5) is 42.3. The third-order valence-corrected chi connectivity index (χ3v) is 13.2. The normalized spacial score (nSPS) is 18.2. The number of hydrogen-bond acceptors (Lipinski definition) is 15. The first kappa shape index (κ1) is 46.4. The molecule has 0 bridgehead atoms. The first-order chi connectivity index (χ1) is 26.8. The third kappa shape index (κ3) is 11.9. The lowest BCUT2D eigenvalue weighted by Crippen LogP contribution is -2.35. The Hall–Kier alpha value is -4.31. The van der Waals surface area contributed by atoms with Crippen molar-refractivity contribution < 1.29 is 62.7 Å². The number of fused-ring (bicyclic) bond motifs is 2. The second kappa shape index (κ2) is 19.2. The van der Waals surface area contributed by atoms with Crippen LogP contribution in [0.5, 0.6) is 0 Å². The second-order valence-electron chi connectivity index (χ2n) is 13.8. The highest BCUT2D eigenvalue weighted by molar-refractivity contribution is 7.86. The molecule has 2 aliphatic heterocycles. The highest BCUT2D eigenvalue weighted by atomic mass is 32.2.